The van der Waals surface area contributed by atoms with Crippen molar-refractivity contribution in [3.05, 3.63) is 30.3 Å². The molecule has 0 amide bonds. The van der Waals surface area contributed by atoms with Gasteiger partial charge in [0.2, 0.25) is 0 Å². The van der Waals surface area contributed by atoms with Crippen LogP contribution in [0.25, 0.3) is 0 Å². The number of thioether (sulfide) groups is 1. The maximum absolute atomic E-state index is 11.2. The van der Waals surface area contributed by atoms with E-state index in [0.29, 0.717) is 0 Å². The number of esters is 1. The van der Waals surface area contributed by atoms with E-state index in [9.17, 15) is 4.79 Å². The number of hydrogen-bond acceptors (Lipinski definition) is 4. The summed E-state index contributed by atoms with van der Waals surface area (Å²) in [6, 6.07) is 9.66. The van der Waals surface area contributed by atoms with Crippen molar-refractivity contribution in [2.24, 2.45) is 5.73 Å². The van der Waals surface area contributed by atoms with Crippen LogP contribution in [0.4, 0.5) is 0 Å². The summed E-state index contributed by atoms with van der Waals surface area (Å²) in [6.07, 6.45) is 0. The van der Waals surface area contributed by atoms with Crippen molar-refractivity contribution in [2.45, 2.75) is 10.1 Å². The second-order valence-corrected chi connectivity index (χ2v) is 3.95. The van der Waals surface area contributed by atoms with Crippen LogP contribution in [0.5, 0.6) is 0 Å². The Morgan fingerprint density at radius 2 is 2.14 bits per heavy atom. The second-order valence-electron chi connectivity index (χ2n) is 2.68. The van der Waals surface area contributed by atoms with Crippen molar-refractivity contribution in [3.8, 4) is 0 Å². The first-order valence-corrected chi connectivity index (χ1v) is 5.15. The number of carbonyl (C=O) groups excluding carboxylic acids is 1. The molecular formula is C10H13NO2S. The number of ether oxygens (including phenoxy) is 1. The van der Waals surface area contributed by atoms with Gasteiger partial charge < -0.3 is 10.5 Å². The van der Waals surface area contributed by atoms with E-state index in [-0.39, 0.29) is 17.8 Å². The van der Waals surface area contributed by atoms with Crippen molar-refractivity contribution in [2.75, 3.05) is 13.7 Å². The Kier molecular flexibility index (Phi) is 4.49. The molecule has 3 nitrogen and oxygen atoms in total. The predicted octanol–water partition coefficient (Wildman–Crippen LogP) is 1.28. The maximum atomic E-state index is 11.2. The van der Waals surface area contributed by atoms with Gasteiger partial charge in [0.15, 0.2) is 0 Å². The van der Waals surface area contributed by atoms with Gasteiger partial charge in [-0.1, -0.05) is 18.2 Å². The summed E-state index contributed by atoms with van der Waals surface area (Å²) in [4.78, 5) is 12.2. The van der Waals surface area contributed by atoms with Crippen molar-refractivity contribution in [3.63, 3.8) is 0 Å². The van der Waals surface area contributed by atoms with Gasteiger partial charge >= 0.3 is 5.97 Å². The van der Waals surface area contributed by atoms with E-state index in [0.717, 1.165) is 4.90 Å². The minimum absolute atomic E-state index is 0.277. The van der Waals surface area contributed by atoms with Gasteiger partial charge in [0.1, 0.15) is 5.25 Å². The zero-order valence-corrected chi connectivity index (χ0v) is 8.79. The quantitative estimate of drug-likeness (QED) is 0.602. The number of hydrogen-bond donors (Lipinski definition) is 1. The lowest BCUT2D eigenvalue weighted by Gasteiger charge is -2.11. The molecule has 76 valence electrons. The zero-order valence-electron chi connectivity index (χ0n) is 7.97. The molecule has 0 aliphatic carbocycles. The molecule has 0 aliphatic heterocycles. The molecule has 0 spiro atoms. The number of benzene rings is 1. The van der Waals surface area contributed by atoms with Gasteiger partial charge in [0.25, 0.3) is 0 Å². The van der Waals surface area contributed by atoms with Crippen LogP contribution < -0.4 is 5.73 Å². The molecule has 0 bridgehead atoms. The Labute approximate surface area is 87.6 Å². The summed E-state index contributed by atoms with van der Waals surface area (Å²) < 4.78 is 4.64. The molecule has 1 atom stereocenters. The minimum atomic E-state index is -0.317. The summed E-state index contributed by atoms with van der Waals surface area (Å²) in [5.74, 6) is -0.277. The normalized spacial score (nSPS) is 12.1. The molecule has 1 aromatic rings. The summed E-state index contributed by atoms with van der Waals surface area (Å²) in [6.45, 7) is 0.284. The SMILES string of the molecule is COC(=O)C(CN)Sc1ccccc1. The van der Waals surface area contributed by atoms with Gasteiger partial charge in [0, 0.05) is 11.4 Å². The molecule has 0 aliphatic rings. The van der Waals surface area contributed by atoms with Crippen LogP contribution in [0.2, 0.25) is 0 Å². The molecule has 2 N–H and O–H groups in total. The van der Waals surface area contributed by atoms with Crippen LogP contribution in [0.1, 0.15) is 0 Å². The average Bonchev–Trinajstić information content (AvgIpc) is 2.26. The van der Waals surface area contributed by atoms with E-state index in [2.05, 4.69) is 4.74 Å². The topological polar surface area (TPSA) is 52.3 Å². The fraction of sp³-hybridized carbons (Fsp3) is 0.300. The molecule has 0 radical (unpaired) electrons. The Bertz CT molecular complexity index is 289. The molecule has 1 aromatic carbocycles. The van der Waals surface area contributed by atoms with E-state index in [1.54, 1.807) is 0 Å². The van der Waals surface area contributed by atoms with Crippen LogP contribution in [-0.4, -0.2) is 24.9 Å². The lowest BCUT2D eigenvalue weighted by Crippen LogP contribution is -2.27. The third-order valence-corrected chi connectivity index (χ3v) is 2.91. The molecule has 0 fully saturated rings. The first-order chi connectivity index (χ1) is 6.77. The van der Waals surface area contributed by atoms with Gasteiger partial charge in [-0.2, -0.15) is 0 Å². The number of rotatable bonds is 4. The highest BCUT2D eigenvalue weighted by Gasteiger charge is 2.18. The van der Waals surface area contributed by atoms with Crippen LogP contribution in [-0.2, 0) is 9.53 Å². The van der Waals surface area contributed by atoms with Crippen molar-refractivity contribution < 1.29 is 9.53 Å². The molecular weight excluding hydrogens is 198 g/mol. The van der Waals surface area contributed by atoms with Gasteiger partial charge in [-0.05, 0) is 12.1 Å². The molecule has 0 aromatic heterocycles. The van der Waals surface area contributed by atoms with Crippen LogP contribution in [0.15, 0.2) is 35.2 Å². The highest BCUT2D eigenvalue weighted by molar-refractivity contribution is 8.00. The summed E-state index contributed by atoms with van der Waals surface area (Å²) in [5.41, 5.74) is 5.48. The van der Waals surface area contributed by atoms with Gasteiger partial charge in [-0.25, -0.2) is 0 Å². The number of nitrogens with two attached hydrogens (primary N) is 1. The highest BCUT2D eigenvalue weighted by Crippen LogP contribution is 2.22. The fourth-order valence-electron chi connectivity index (χ4n) is 0.987. The molecule has 0 heterocycles. The average molecular weight is 211 g/mol. The van der Waals surface area contributed by atoms with Crippen molar-refractivity contribution in [1.82, 2.24) is 0 Å². The van der Waals surface area contributed by atoms with Crippen molar-refractivity contribution >= 4 is 17.7 Å². The Balaban J connectivity index is 2.62. The molecule has 1 unspecified atom stereocenters. The van der Waals surface area contributed by atoms with Gasteiger partial charge in [0.05, 0.1) is 7.11 Å². The smallest absolute Gasteiger partial charge is 0.320 e. The lowest BCUT2D eigenvalue weighted by molar-refractivity contribution is -0.139. The van der Waals surface area contributed by atoms with Crippen LogP contribution in [0, 0.1) is 0 Å². The van der Waals surface area contributed by atoms with E-state index in [1.165, 1.54) is 18.9 Å². The van der Waals surface area contributed by atoms with Crippen LogP contribution in [0.3, 0.4) is 0 Å². The molecule has 0 saturated heterocycles. The number of methoxy groups -OCH3 is 1. The third-order valence-electron chi connectivity index (χ3n) is 1.70. The lowest BCUT2D eigenvalue weighted by atomic mass is 10.4. The Hall–Kier alpha value is -1.00. The predicted molar refractivity (Wildman–Crippen MR) is 57.2 cm³/mol. The van der Waals surface area contributed by atoms with Crippen LogP contribution >= 0.6 is 11.8 Å². The Morgan fingerprint density at radius 3 is 2.64 bits per heavy atom. The van der Waals surface area contributed by atoms with Crippen molar-refractivity contribution in [1.29, 1.82) is 0 Å². The summed E-state index contributed by atoms with van der Waals surface area (Å²) in [7, 11) is 1.37. The molecule has 4 heteroatoms. The summed E-state index contributed by atoms with van der Waals surface area (Å²) >= 11 is 1.42. The monoisotopic (exact) mass is 211 g/mol. The largest absolute Gasteiger partial charge is 0.468 e. The maximum Gasteiger partial charge on any atom is 0.320 e. The van der Waals surface area contributed by atoms with E-state index in [4.69, 9.17) is 5.73 Å². The highest BCUT2D eigenvalue weighted by atomic mass is 32.2. The summed E-state index contributed by atoms with van der Waals surface area (Å²) in [5, 5.41) is -0.317. The third kappa shape index (κ3) is 3.05. The first-order valence-electron chi connectivity index (χ1n) is 4.27. The minimum Gasteiger partial charge on any atom is -0.468 e. The fourth-order valence-corrected chi connectivity index (χ4v) is 1.92. The zero-order chi connectivity index (χ0) is 10.4. The Morgan fingerprint density at radius 1 is 1.50 bits per heavy atom. The van der Waals surface area contributed by atoms with E-state index < -0.39 is 0 Å². The second kappa shape index (κ2) is 5.67. The molecule has 0 saturated carbocycles. The van der Waals surface area contributed by atoms with E-state index in [1.807, 2.05) is 30.3 Å². The molecule has 1 rings (SSSR count). The number of carbonyl (C=O) groups is 1. The van der Waals surface area contributed by atoms with Gasteiger partial charge in [-0.15, -0.1) is 11.8 Å². The first kappa shape index (κ1) is 11.1. The molecule has 14 heavy (non-hydrogen) atoms. The van der Waals surface area contributed by atoms with Gasteiger partial charge in [-0.3, -0.25) is 4.79 Å². The van der Waals surface area contributed by atoms with E-state index >= 15 is 0 Å². The standard InChI is InChI=1S/C10H13NO2S/c1-13-10(12)9(7-11)14-8-5-3-2-4-6-8/h2-6,9H,7,11H2,1H3.